The summed E-state index contributed by atoms with van der Waals surface area (Å²) in [6, 6.07) is 13.2. The van der Waals surface area contributed by atoms with E-state index in [1.54, 1.807) is 48.5 Å². The predicted molar refractivity (Wildman–Crippen MR) is 88.4 cm³/mol. The Balaban J connectivity index is 2.09. The summed E-state index contributed by atoms with van der Waals surface area (Å²) >= 11 is 1.43. The number of ether oxygens (including phenoxy) is 1. The lowest BCUT2D eigenvalue weighted by molar-refractivity contribution is -0.135. The molecule has 0 spiro atoms. The molecule has 0 unspecified atom stereocenters. The number of esters is 1. The van der Waals surface area contributed by atoms with E-state index in [1.165, 1.54) is 18.7 Å². The Morgan fingerprint density at radius 2 is 1.17 bits per heavy atom. The number of benzene rings is 2. The molecule has 5 nitrogen and oxygen atoms in total. The maximum absolute atomic E-state index is 11.7. The van der Waals surface area contributed by atoms with E-state index in [2.05, 4.69) is 4.74 Å². The molecule has 0 saturated carbocycles. The van der Waals surface area contributed by atoms with Gasteiger partial charge in [0.15, 0.2) is 5.78 Å². The molecule has 2 rings (SSSR count). The van der Waals surface area contributed by atoms with Gasteiger partial charge in [-0.2, -0.15) is 0 Å². The molecule has 0 fully saturated rings. The third-order valence-electron chi connectivity index (χ3n) is 3.16. The summed E-state index contributed by atoms with van der Waals surface area (Å²) in [4.78, 5) is 47.2. The van der Waals surface area contributed by atoms with E-state index in [4.69, 9.17) is 0 Å². The van der Waals surface area contributed by atoms with Gasteiger partial charge in [0.2, 0.25) is 5.78 Å². The topological polar surface area (TPSA) is 77.5 Å². The zero-order valence-corrected chi connectivity index (χ0v) is 13.9. The van der Waals surface area contributed by atoms with Crippen LogP contribution in [0.4, 0.5) is 0 Å². The Bertz CT molecular complexity index is 791. The number of methoxy groups -OCH3 is 1. The second-order valence-electron chi connectivity index (χ2n) is 4.86. The second kappa shape index (κ2) is 7.70. The van der Waals surface area contributed by atoms with Crippen LogP contribution < -0.4 is 0 Å². The van der Waals surface area contributed by atoms with E-state index in [0.29, 0.717) is 5.56 Å². The van der Waals surface area contributed by atoms with Crippen LogP contribution in [0.15, 0.2) is 58.3 Å². The van der Waals surface area contributed by atoms with Gasteiger partial charge in [-0.1, -0.05) is 11.8 Å². The number of ketones is 3. The third kappa shape index (κ3) is 4.17. The van der Waals surface area contributed by atoms with Crippen LogP contribution in [0.2, 0.25) is 0 Å². The average Bonchev–Trinajstić information content (AvgIpc) is 2.61. The molecule has 0 atom stereocenters. The first-order chi connectivity index (χ1) is 11.4. The Labute approximate surface area is 143 Å². The van der Waals surface area contributed by atoms with E-state index in [9.17, 15) is 19.2 Å². The number of Topliss-reactive ketones (excluding diaryl/α,β-unsaturated/α-hetero) is 3. The molecular weight excluding hydrogens is 328 g/mol. The molecule has 122 valence electrons. The molecule has 0 amide bonds. The quantitative estimate of drug-likeness (QED) is 0.456. The van der Waals surface area contributed by atoms with Gasteiger partial charge in [-0.05, 0) is 48.5 Å². The van der Waals surface area contributed by atoms with Gasteiger partial charge < -0.3 is 4.74 Å². The summed E-state index contributed by atoms with van der Waals surface area (Å²) in [5.41, 5.74) is 0.611. The van der Waals surface area contributed by atoms with Crippen molar-refractivity contribution >= 4 is 35.1 Å². The van der Waals surface area contributed by atoms with Crippen molar-refractivity contribution in [3.05, 3.63) is 59.7 Å². The van der Waals surface area contributed by atoms with Gasteiger partial charge in [0.25, 0.3) is 5.78 Å². The minimum atomic E-state index is -0.902. The molecular formula is C18H14O5S. The van der Waals surface area contributed by atoms with Crippen LogP contribution in [0.5, 0.6) is 0 Å². The van der Waals surface area contributed by atoms with Crippen LogP contribution in [-0.4, -0.2) is 30.4 Å². The SMILES string of the molecule is COC(=O)C(=O)c1ccc(Sc2ccc(C(=O)C(C)=O)cc2)cc1. The standard InChI is InChI=1S/C18H14O5S/c1-11(19)16(20)12-3-7-14(8-4-12)24-15-9-5-13(6-10-15)17(21)18(22)23-2/h3-10H,1-2H3. The van der Waals surface area contributed by atoms with Gasteiger partial charge in [0.1, 0.15) is 0 Å². The fourth-order valence-electron chi connectivity index (χ4n) is 1.90. The Kier molecular flexibility index (Phi) is 5.65. The number of hydrogen-bond donors (Lipinski definition) is 0. The molecule has 0 aromatic heterocycles. The first-order valence-corrected chi connectivity index (χ1v) is 7.80. The zero-order chi connectivity index (χ0) is 17.7. The average molecular weight is 342 g/mol. The highest BCUT2D eigenvalue weighted by Gasteiger charge is 2.16. The molecule has 0 aliphatic rings. The molecule has 0 saturated heterocycles. The van der Waals surface area contributed by atoms with E-state index in [-0.39, 0.29) is 5.56 Å². The van der Waals surface area contributed by atoms with Crippen molar-refractivity contribution in [3.63, 3.8) is 0 Å². The fraction of sp³-hybridized carbons (Fsp3) is 0.111. The van der Waals surface area contributed by atoms with Crippen molar-refractivity contribution < 1.29 is 23.9 Å². The van der Waals surface area contributed by atoms with Gasteiger partial charge in [-0.3, -0.25) is 14.4 Å². The summed E-state index contributed by atoms with van der Waals surface area (Å²) in [6.07, 6.45) is 0. The van der Waals surface area contributed by atoms with Crippen LogP contribution in [0.1, 0.15) is 27.6 Å². The number of carbonyl (C=O) groups excluding carboxylic acids is 4. The van der Waals surface area contributed by atoms with E-state index in [1.807, 2.05) is 0 Å². The number of hydrogen-bond acceptors (Lipinski definition) is 6. The highest BCUT2D eigenvalue weighted by atomic mass is 32.2. The zero-order valence-electron chi connectivity index (χ0n) is 13.1. The van der Waals surface area contributed by atoms with Crippen LogP contribution in [0.25, 0.3) is 0 Å². The Morgan fingerprint density at radius 1 is 0.750 bits per heavy atom. The first kappa shape index (κ1) is 17.6. The smallest absolute Gasteiger partial charge is 0.379 e. The summed E-state index contributed by atoms with van der Waals surface area (Å²) in [7, 11) is 1.16. The van der Waals surface area contributed by atoms with E-state index >= 15 is 0 Å². The number of carbonyl (C=O) groups is 4. The fourth-order valence-corrected chi connectivity index (χ4v) is 2.72. The largest absolute Gasteiger partial charge is 0.463 e. The van der Waals surface area contributed by atoms with Crippen LogP contribution in [0.3, 0.4) is 0 Å². The van der Waals surface area contributed by atoms with Crippen molar-refractivity contribution in [1.82, 2.24) is 0 Å². The van der Waals surface area contributed by atoms with Crippen LogP contribution >= 0.6 is 11.8 Å². The van der Waals surface area contributed by atoms with Crippen LogP contribution in [0, 0.1) is 0 Å². The molecule has 2 aromatic carbocycles. The van der Waals surface area contributed by atoms with Gasteiger partial charge in [0, 0.05) is 27.8 Å². The molecule has 0 radical (unpaired) electrons. The lowest BCUT2D eigenvalue weighted by atomic mass is 10.1. The highest BCUT2D eigenvalue weighted by molar-refractivity contribution is 7.99. The van der Waals surface area contributed by atoms with Crippen molar-refractivity contribution in [2.75, 3.05) is 7.11 Å². The van der Waals surface area contributed by atoms with Crippen molar-refractivity contribution in [2.45, 2.75) is 16.7 Å². The van der Waals surface area contributed by atoms with E-state index in [0.717, 1.165) is 16.9 Å². The first-order valence-electron chi connectivity index (χ1n) is 6.98. The summed E-state index contributed by atoms with van der Waals surface area (Å²) in [5, 5.41) is 0. The molecule has 0 heterocycles. The molecule has 24 heavy (non-hydrogen) atoms. The molecule has 0 bridgehead atoms. The molecule has 0 N–H and O–H groups in total. The highest BCUT2D eigenvalue weighted by Crippen LogP contribution is 2.28. The lowest BCUT2D eigenvalue weighted by Crippen LogP contribution is -2.15. The lowest BCUT2D eigenvalue weighted by Gasteiger charge is -2.04. The van der Waals surface area contributed by atoms with Crippen molar-refractivity contribution in [3.8, 4) is 0 Å². The van der Waals surface area contributed by atoms with Gasteiger partial charge >= 0.3 is 5.97 Å². The molecule has 6 heteroatoms. The molecule has 2 aromatic rings. The number of rotatable bonds is 6. The van der Waals surface area contributed by atoms with Gasteiger partial charge in [-0.15, -0.1) is 0 Å². The van der Waals surface area contributed by atoms with Gasteiger partial charge in [-0.25, -0.2) is 4.79 Å². The minimum absolute atomic E-state index is 0.258. The van der Waals surface area contributed by atoms with Gasteiger partial charge in [0.05, 0.1) is 7.11 Å². The molecule has 0 aliphatic carbocycles. The van der Waals surface area contributed by atoms with E-state index < -0.39 is 23.3 Å². The monoisotopic (exact) mass is 342 g/mol. The summed E-state index contributed by atoms with van der Waals surface area (Å²) in [6.45, 7) is 1.24. The molecule has 0 aliphatic heterocycles. The predicted octanol–water partition coefficient (Wildman–Crippen LogP) is 2.97. The van der Waals surface area contributed by atoms with Crippen LogP contribution in [-0.2, 0) is 14.3 Å². The second-order valence-corrected chi connectivity index (χ2v) is 6.00. The third-order valence-corrected chi connectivity index (χ3v) is 4.17. The Hall–Kier alpha value is -2.73. The van der Waals surface area contributed by atoms with Crippen molar-refractivity contribution in [1.29, 1.82) is 0 Å². The minimum Gasteiger partial charge on any atom is -0.463 e. The maximum atomic E-state index is 11.7. The van der Waals surface area contributed by atoms with Crippen molar-refractivity contribution in [2.24, 2.45) is 0 Å². The summed E-state index contributed by atoms with van der Waals surface area (Å²) in [5.74, 6) is -2.61. The summed E-state index contributed by atoms with van der Waals surface area (Å²) < 4.78 is 4.39. The Morgan fingerprint density at radius 3 is 1.54 bits per heavy atom. The normalized spacial score (nSPS) is 10.1. The maximum Gasteiger partial charge on any atom is 0.379 e.